The van der Waals surface area contributed by atoms with Gasteiger partial charge in [-0.25, -0.2) is 0 Å². The van der Waals surface area contributed by atoms with Crippen LogP contribution >= 0.6 is 0 Å². The lowest BCUT2D eigenvalue weighted by atomic mass is 9.94. The molecule has 33 heavy (non-hydrogen) atoms. The maximum atomic E-state index is 13.1. The predicted octanol–water partition coefficient (Wildman–Crippen LogP) is 4.40. The number of carbonyl (C=O) groups excluding carboxylic acids is 2. The van der Waals surface area contributed by atoms with E-state index in [0.717, 1.165) is 24.1 Å². The van der Waals surface area contributed by atoms with Crippen molar-refractivity contribution in [2.75, 3.05) is 33.8 Å². The van der Waals surface area contributed by atoms with Gasteiger partial charge in [0.25, 0.3) is 11.7 Å². The highest BCUT2D eigenvalue weighted by atomic mass is 16.5. The highest BCUT2D eigenvalue weighted by molar-refractivity contribution is 6.46. The van der Waals surface area contributed by atoms with Crippen molar-refractivity contribution in [3.63, 3.8) is 0 Å². The molecule has 1 aliphatic rings. The molecule has 1 saturated heterocycles. The Morgan fingerprint density at radius 2 is 1.70 bits per heavy atom. The number of aliphatic hydroxyl groups is 1. The second kappa shape index (κ2) is 10.7. The van der Waals surface area contributed by atoms with Gasteiger partial charge in [-0.05, 0) is 69.7 Å². The van der Waals surface area contributed by atoms with Gasteiger partial charge in [0, 0.05) is 12.1 Å². The number of hydrogen-bond donors (Lipinski definition) is 1. The molecule has 0 bridgehead atoms. The lowest BCUT2D eigenvalue weighted by molar-refractivity contribution is -0.139. The minimum atomic E-state index is -0.650. The quantitative estimate of drug-likeness (QED) is 0.348. The van der Waals surface area contributed by atoms with E-state index in [1.807, 2.05) is 50.2 Å². The summed E-state index contributed by atoms with van der Waals surface area (Å²) in [6.45, 7) is 7.95. The van der Waals surface area contributed by atoms with Gasteiger partial charge in [-0.3, -0.25) is 9.59 Å². The number of benzene rings is 2. The molecule has 1 N–H and O–H groups in total. The Balaban J connectivity index is 1.99. The summed E-state index contributed by atoms with van der Waals surface area (Å²) in [4.78, 5) is 29.7. The van der Waals surface area contributed by atoms with E-state index >= 15 is 0 Å². The molecule has 0 spiro atoms. The van der Waals surface area contributed by atoms with Crippen molar-refractivity contribution in [1.82, 2.24) is 9.80 Å². The summed E-state index contributed by atoms with van der Waals surface area (Å²) in [6, 6.07) is 14.1. The second-order valence-corrected chi connectivity index (χ2v) is 9.29. The van der Waals surface area contributed by atoms with E-state index < -0.39 is 17.7 Å². The third kappa shape index (κ3) is 5.82. The summed E-state index contributed by atoms with van der Waals surface area (Å²) < 4.78 is 5.72. The fourth-order valence-electron chi connectivity index (χ4n) is 3.89. The van der Waals surface area contributed by atoms with E-state index in [9.17, 15) is 14.7 Å². The van der Waals surface area contributed by atoms with Crippen LogP contribution < -0.4 is 4.74 Å². The van der Waals surface area contributed by atoms with Crippen molar-refractivity contribution >= 4 is 17.4 Å². The average molecular weight is 451 g/mol. The molecule has 0 unspecified atom stereocenters. The zero-order valence-corrected chi connectivity index (χ0v) is 20.2. The summed E-state index contributed by atoms with van der Waals surface area (Å²) in [5.74, 6) is -0.291. The normalized spacial score (nSPS) is 17.9. The summed E-state index contributed by atoms with van der Waals surface area (Å²) in [5, 5.41) is 11.2. The number of aliphatic hydroxyl groups excluding tert-OH is 1. The minimum Gasteiger partial charge on any atom is -0.507 e. The molecular weight excluding hydrogens is 416 g/mol. The summed E-state index contributed by atoms with van der Waals surface area (Å²) in [6.07, 6.45) is 0.726. The number of amides is 1. The van der Waals surface area contributed by atoms with Gasteiger partial charge in [-0.1, -0.05) is 43.7 Å². The van der Waals surface area contributed by atoms with Gasteiger partial charge in [-0.15, -0.1) is 0 Å². The molecular formula is C27H34N2O4. The fourth-order valence-corrected chi connectivity index (χ4v) is 3.89. The van der Waals surface area contributed by atoms with E-state index in [4.69, 9.17) is 4.74 Å². The maximum absolute atomic E-state index is 13.1. The second-order valence-electron chi connectivity index (χ2n) is 9.29. The van der Waals surface area contributed by atoms with Gasteiger partial charge >= 0.3 is 0 Å². The number of nitrogens with zero attached hydrogens (tertiary/aromatic N) is 2. The third-order valence-corrected chi connectivity index (χ3v) is 5.65. The predicted molar refractivity (Wildman–Crippen MR) is 130 cm³/mol. The molecule has 6 nitrogen and oxygen atoms in total. The molecule has 6 heteroatoms. The van der Waals surface area contributed by atoms with Crippen LogP contribution in [0.2, 0.25) is 0 Å². The lowest BCUT2D eigenvalue weighted by Gasteiger charge is -2.26. The Kier molecular flexibility index (Phi) is 7.92. The molecule has 1 heterocycles. The number of rotatable bonds is 9. The molecule has 0 aliphatic carbocycles. The number of likely N-dealkylation sites (tertiary alicyclic amines) is 1. The van der Waals surface area contributed by atoms with Crippen LogP contribution in [-0.2, 0) is 9.59 Å². The van der Waals surface area contributed by atoms with E-state index in [0.29, 0.717) is 30.4 Å². The van der Waals surface area contributed by atoms with Crippen LogP contribution in [0.3, 0.4) is 0 Å². The Bertz CT molecular complexity index is 1010. The molecule has 1 fully saturated rings. The Morgan fingerprint density at radius 1 is 1.06 bits per heavy atom. The Morgan fingerprint density at radius 3 is 2.27 bits per heavy atom. The highest BCUT2D eigenvalue weighted by Gasteiger charge is 2.45. The molecule has 2 aromatic carbocycles. The van der Waals surface area contributed by atoms with Crippen molar-refractivity contribution in [3.8, 4) is 5.75 Å². The highest BCUT2D eigenvalue weighted by Crippen LogP contribution is 2.39. The molecule has 1 aliphatic heterocycles. The molecule has 1 atom stereocenters. The zero-order valence-electron chi connectivity index (χ0n) is 20.2. The van der Waals surface area contributed by atoms with Crippen LogP contribution in [0, 0.1) is 12.8 Å². The van der Waals surface area contributed by atoms with Crippen LogP contribution in [0.1, 0.15) is 43.0 Å². The topological polar surface area (TPSA) is 70.1 Å². The monoisotopic (exact) mass is 450 g/mol. The van der Waals surface area contributed by atoms with Crippen molar-refractivity contribution < 1.29 is 19.4 Å². The van der Waals surface area contributed by atoms with Crippen LogP contribution in [0.25, 0.3) is 5.76 Å². The van der Waals surface area contributed by atoms with Crippen molar-refractivity contribution in [2.24, 2.45) is 5.92 Å². The molecule has 0 aromatic heterocycles. The van der Waals surface area contributed by atoms with E-state index in [2.05, 4.69) is 13.8 Å². The first-order valence-electron chi connectivity index (χ1n) is 11.4. The number of ketones is 1. The first-order chi connectivity index (χ1) is 15.7. The number of Topliss-reactive ketones (excluding diaryl/α,β-unsaturated/α-hetero) is 1. The summed E-state index contributed by atoms with van der Waals surface area (Å²) >= 11 is 0. The van der Waals surface area contributed by atoms with Gasteiger partial charge in [0.05, 0.1) is 18.2 Å². The first-order valence-corrected chi connectivity index (χ1v) is 11.4. The maximum Gasteiger partial charge on any atom is 0.295 e. The molecule has 0 saturated carbocycles. The van der Waals surface area contributed by atoms with E-state index in [1.54, 1.807) is 29.2 Å². The van der Waals surface area contributed by atoms with Crippen molar-refractivity contribution in [3.05, 3.63) is 70.8 Å². The molecule has 1 amide bonds. The number of ether oxygens (including phenoxy) is 1. The van der Waals surface area contributed by atoms with E-state index in [1.165, 1.54) is 0 Å². The smallest absolute Gasteiger partial charge is 0.295 e. The zero-order chi connectivity index (χ0) is 24.1. The SMILES string of the molecule is Cc1ccc([C@H]2C(=C(O)c3ccc(OCC(C)C)cc3)C(=O)C(=O)N2CCCN(C)C)cc1. The fraction of sp³-hybridized carbons (Fsp3) is 0.407. The number of aryl methyl sites for hydroxylation is 1. The van der Waals surface area contributed by atoms with Gasteiger partial charge < -0.3 is 19.6 Å². The van der Waals surface area contributed by atoms with Gasteiger partial charge in [0.1, 0.15) is 11.5 Å². The largest absolute Gasteiger partial charge is 0.507 e. The van der Waals surface area contributed by atoms with Crippen LogP contribution in [0.4, 0.5) is 0 Å². The number of carbonyl (C=O) groups is 2. The summed E-state index contributed by atoms with van der Waals surface area (Å²) in [5.41, 5.74) is 2.50. The lowest BCUT2D eigenvalue weighted by Crippen LogP contribution is -2.32. The number of hydrogen-bond acceptors (Lipinski definition) is 5. The molecule has 2 aromatic rings. The van der Waals surface area contributed by atoms with Gasteiger partial charge in [0.15, 0.2) is 0 Å². The van der Waals surface area contributed by atoms with Crippen LogP contribution in [0.5, 0.6) is 5.75 Å². The van der Waals surface area contributed by atoms with Crippen molar-refractivity contribution in [1.29, 1.82) is 0 Å². The first kappa shape index (κ1) is 24.5. The summed E-state index contributed by atoms with van der Waals surface area (Å²) in [7, 11) is 3.94. The van der Waals surface area contributed by atoms with E-state index in [-0.39, 0.29) is 11.3 Å². The molecule has 176 valence electrons. The van der Waals surface area contributed by atoms with Gasteiger partial charge in [0.2, 0.25) is 0 Å². The van der Waals surface area contributed by atoms with Crippen molar-refractivity contribution in [2.45, 2.75) is 33.2 Å². The minimum absolute atomic E-state index is 0.129. The average Bonchev–Trinajstić information content (AvgIpc) is 3.03. The molecule has 3 rings (SSSR count). The Labute approximate surface area is 196 Å². The molecule has 0 radical (unpaired) electrons. The van der Waals surface area contributed by atoms with Crippen LogP contribution in [-0.4, -0.2) is 60.4 Å². The van der Waals surface area contributed by atoms with Crippen LogP contribution in [0.15, 0.2) is 54.1 Å². The van der Waals surface area contributed by atoms with Gasteiger partial charge in [-0.2, -0.15) is 0 Å². The standard InChI is InChI=1S/C27H34N2O4/c1-18(2)17-33-22-13-11-21(12-14-22)25(30)23-24(20-9-7-19(3)8-10-20)29(27(32)26(23)31)16-6-15-28(4)5/h7-14,18,24,30H,6,15-17H2,1-5H3/t24-/m0/s1. The third-order valence-electron chi connectivity index (χ3n) is 5.65. The Hall–Kier alpha value is -3.12.